The van der Waals surface area contributed by atoms with Crippen molar-refractivity contribution in [3.63, 3.8) is 0 Å². The lowest BCUT2D eigenvalue weighted by Crippen LogP contribution is -2.26. The molecule has 1 aromatic heterocycles. The third-order valence-electron chi connectivity index (χ3n) is 4.57. The first-order valence-corrected chi connectivity index (χ1v) is 11.4. The van der Waals surface area contributed by atoms with Gasteiger partial charge in [0.15, 0.2) is 0 Å². The van der Waals surface area contributed by atoms with Crippen molar-refractivity contribution in [1.29, 1.82) is 0 Å². The second-order valence-electron chi connectivity index (χ2n) is 6.46. The topological polar surface area (TPSA) is 43.7 Å². The first-order valence-electron chi connectivity index (χ1n) is 8.89. The molecule has 0 aliphatic rings. The molecule has 0 spiro atoms. The number of nitrogens with zero attached hydrogens (tertiary/aromatic N) is 1. The molecule has 6 heteroatoms. The van der Waals surface area contributed by atoms with Gasteiger partial charge in [0.25, 0.3) is 0 Å². The third kappa shape index (κ3) is 4.65. The van der Waals surface area contributed by atoms with E-state index in [1.165, 1.54) is 5.56 Å². The van der Waals surface area contributed by atoms with E-state index >= 15 is 0 Å². The van der Waals surface area contributed by atoms with Crippen molar-refractivity contribution in [3.05, 3.63) is 57.4 Å². The van der Waals surface area contributed by atoms with Crippen LogP contribution in [0, 0.1) is 10.7 Å². The molecule has 0 radical (unpaired) electrons. The maximum Gasteiger partial charge on any atom is 0.120 e. The minimum atomic E-state index is 0.109. The summed E-state index contributed by atoms with van der Waals surface area (Å²) in [5.41, 5.74) is 5.38. The van der Waals surface area contributed by atoms with Crippen LogP contribution in [0.4, 0.5) is 0 Å². The van der Waals surface area contributed by atoms with Gasteiger partial charge in [-0.2, -0.15) is 0 Å². The standard InChI is InChI=1S/C21H23NO2S3/c1-3-22(10-11-23)13-17-12-16(8-9-18(17)24)20-19(21(25)27-26-20)15-6-4-14(2)5-7-15/h4-9,12,23-24H,3,10-11,13H2,1-2H3. The van der Waals surface area contributed by atoms with Crippen LogP contribution in [0.25, 0.3) is 21.6 Å². The van der Waals surface area contributed by atoms with Crippen molar-refractivity contribution in [3.8, 4) is 27.3 Å². The lowest BCUT2D eigenvalue weighted by atomic mass is 10.0. The highest BCUT2D eigenvalue weighted by Crippen LogP contribution is 2.42. The lowest BCUT2D eigenvalue weighted by Gasteiger charge is -2.20. The molecular formula is C21H23NO2S3. The number of rotatable bonds is 7. The summed E-state index contributed by atoms with van der Waals surface area (Å²) in [5, 5.41) is 19.5. The van der Waals surface area contributed by atoms with Gasteiger partial charge in [-0.3, -0.25) is 4.90 Å². The summed E-state index contributed by atoms with van der Waals surface area (Å²) in [4.78, 5) is 3.25. The Bertz CT molecular complexity index is 960. The number of aliphatic hydroxyl groups excluding tert-OH is 1. The first-order chi connectivity index (χ1) is 13.0. The van der Waals surface area contributed by atoms with Crippen molar-refractivity contribution in [2.75, 3.05) is 19.7 Å². The van der Waals surface area contributed by atoms with Crippen LogP contribution in [0.2, 0.25) is 0 Å². The Hall–Kier alpha value is -1.57. The predicted octanol–water partition coefficient (Wildman–Crippen LogP) is 5.70. The molecule has 0 aliphatic carbocycles. The van der Waals surface area contributed by atoms with Crippen LogP contribution in [0.1, 0.15) is 18.1 Å². The van der Waals surface area contributed by atoms with E-state index in [-0.39, 0.29) is 12.4 Å². The van der Waals surface area contributed by atoms with Crippen LogP contribution in [-0.4, -0.2) is 34.8 Å². The molecule has 0 saturated heterocycles. The number of phenolic OH excluding ortho intramolecular Hbond substituents is 1. The second kappa shape index (κ2) is 9.08. The van der Waals surface area contributed by atoms with E-state index in [2.05, 4.69) is 43.0 Å². The average molecular weight is 418 g/mol. The number of likely N-dealkylation sites (N-methyl/N-ethyl adjacent to an activating group) is 1. The Kier molecular flexibility index (Phi) is 6.78. The van der Waals surface area contributed by atoms with Crippen molar-refractivity contribution < 1.29 is 10.2 Å². The number of aliphatic hydroxyl groups is 1. The Morgan fingerprint density at radius 1 is 1.04 bits per heavy atom. The van der Waals surface area contributed by atoms with Gasteiger partial charge in [0.2, 0.25) is 0 Å². The highest BCUT2D eigenvalue weighted by atomic mass is 32.9. The minimum Gasteiger partial charge on any atom is -0.508 e. The molecule has 142 valence electrons. The van der Waals surface area contributed by atoms with Crippen LogP contribution in [0.3, 0.4) is 0 Å². The number of aromatic hydroxyl groups is 1. The number of hydrogen-bond donors (Lipinski definition) is 2. The molecule has 3 nitrogen and oxygen atoms in total. The molecule has 3 rings (SSSR count). The van der Waals surface area contributed by atoms with Gasteiger partial charge in [0.05, 0.1) is 11.5 Å². The number of aryl methyl sites for hydroxylation is 1. The van der Waals surface area contributed by atoms with Crippen LogP contribution in [-0.2, 0) is 6.54 Å². The van der Waals surface area contributed by atoms with Gasteiger partial charge in [-0.25, -0.2) is 0 Å². The summed E-state index contributed by atoms with van der Waals surface area (Å²) in [7, 11) is 3.29. The van der Waals surface area contributed by atoms with Gasteiger partial charge in [0.1, 0.15) is 9.57 Å². The van der Waals surface area contributed by atoms with Crippen LogP contribution < -0.4 is 0 Å². The quantitative estimate of drug-likeness (QED) is 0.382. The number of phenols is 1. The van der Waals surface area contributed by atoms with E-state index in [4.69, 9.17) is 12.2 Å². The van der Waals surface area contributed by atoms with Gasteiger partial charge >= 0.3 is 0 Å². The third-order valence-corrected chi connectivity index (χ3v) is 7.64. The highest BCUT2D eigenvalue weighted by molar-refractivity contribution is 7.80. The van der Waals surface area contributed by atoms with Gasteiger partial charge in [-0.15, -0.1) is 0 Å². The molecule has 2 N–H and O–H groups in total. The fourth-order valence-electron chi connectivity index (χ4n) is 3.00. The Labute approximate surface area is 172 Å². The molecule has 0 fully saturated rings. The van der Waals surface area contributed by atoms with Crippen molar-refractivity contribution in [2.45, 2.75) is 20.4 Å². The summed E-state index contributed by atoms with van der Waals surface area (Å²) in [6.45, 7) is 6.25. The maximum atomic E-state index is 10.3. The summed E-state index contributed by atoms with van der Waals surface area (Å²) >= 11 is 5.61. The second-order valence-corrected chi connectivity index (χ2v) is 9.28. The monoisotopic (exact) mass is 417 g/mol. The molecule has 27 heavy (non-hydrogen) atoms. The van der Waals surface area contributed by atoms with E-state index in [1.54, 1.807) is 26.7 Å². The number of hydrogen-bond acceptors (Lipinski definition) is 6. The minimum absolute atomic E-state index is 0.109. The molecule has 2 aromatic carbocycles. The Morgan fingerprint density at radius 2 is 1.74 bits per heavy atom. The van der Waals surface area contributed by atoms with Gasteiger partial charge in [-0.05, 0) is 42.8 Å². The Morgan fingerprint density at radius 3 is 2.41 bits per heavy atom. The highest BCUT2D eigenvalue weighted by Gasteiger charge is 2.15. The molecule has 0 atom stereocenters. The fourth-order valence-corrected chi connectivity index (χ4v) is 5.91. The molecular weight excluding hydrogens is 394 g/mol. The van der Waals surface area contributed by atoms with E-state index in [1.807, 2.05) is 12.1 Å². The molecule has 0 unspecified atom stereocenters. The lowest BCUT2D eigenvalue weighted by molar-refractivity contribution is 0.195. The summed E-state index contributed by atoms with van der Waals surface area (Å²) in [6.07, 6.45) is 0. The van der Waals surface area contributed by atoms with E-state index < -0.39 is 0 Å². The summed E-state index contributed by atoms with van der Waals surface area (Å²) in [6, 6.07) is 14.2. The van der Waals surface area contributed by atoms with Gasteiger partial charge in [0, 0.05) is 24.2 Å². The van der Waals surface area contributed by atoms with E-state index in [0.29, 0.717) is 13.1 Å². The van der Waals surface area contributed by atoms with Crippen molar-refractivity contribution >= 4 is 32.9 Å². The molecule has 3 aromatic rings. The van der Waals surface area contributed by atoms with Crippen LogP contribution >= 0.6 is 32.9 Å². The first kappa shape index (κ1) is 20.2. The zero-order chi connectivity index (χ0) is 19.4. The zero-order valence-corrected chi connectivity index (χ0v) is 17.9. The van der Waals surface area contributed by atoms with E-state index in [0.717, 1.165) is 37.5 Å². The van der Waals surface area contributed by atoms with Gasteiger partial charge < -0.3 is 10.2 Å². The SMILES string of the molecule is CCN(CCO)Cc1cc(-c2ssc(=S)c2-c2ccc(C)cc2)ccc1O. The number of benzene rings is 2. The van der Waals surface area contributed by atoms with Crippen molar-refractivity contribution in [2.24, 2.45) is 0 Å². The van der Waals surface area contributed by atoms with Crippen molar-refractivity contribution in [1.82, 2.24) is 4.90 Å². The molecule has 0 bridgehead atoms. The van der Waals surface area contributed by atoms with Crippen LogP contribution in [0.15, 0.2) is 42.5 Å². The molecule has 0 saturated carbocycles. The summed E-state index contributed by atoms with van der Waals surface area (Å²) in [5.74, 6) is 0.283. The molecule has 0 aliphatic heterocycles. The molecule has 1 heterocycles. The normalized spacial score (nSPS) is 11.3. The van der Waals surface area contributed by atoms with Crippen LogP contribution in [0.5, 0.6) is 5.75 Å². The summed E-state index contributed by atoms with van der Waals surface area (Å²) < 4.78 is 0.893. The Balaban J connectivity index is 2.02. The molecule has 0 amide bonds. The average Bonchev–Trinajstić information content (AvgIpc) is 3.05. The maximum absolute atomic E-state index is 10.3. The largest absolute Gasteiger partial charge is 0.508 e. The smallest absolute Gasteiger partial charge is 0.120 e. The zero-order valence-electron chi connectivity index (χ0n) is 15.4. The van der Waals surface area contributed by atoms with E-state index in [9.17, 15) is 10.2 Å². The predicted molar refractivity (Wildman–Crippen MR) is 118 cm³/mol. The van der Waals surface area contributed by atoms with Gasteiger partial charge in [-0.1, -0.05) is 69.7 Å². The fraction of sp³-hybridized carbons (Fsp3) is 0.286.